The average Bonchev–Trinajstić information content (AvgIpc) is 2.60. The number of halogens is 1. The van der Waals surface area contributed by atoms with Gasteiger partial charge in [-0.2, -0.15) is 0 Å². The second kappa shape index (κ2) is 9.45. The Morgan fingerprint density at radius 3 is 2.30 bits per heavy atom. The van der Waals surface area contributed by atoms with Crippen LogP contribution in [-0.4, -0.2) is 28.6 Å². The maximum Gasteiger partial charge on any atom is 0.407 e. The van der Waals surface area contributed by atoms with Crippen LogP contribution in [0.4, 0.5) is 4.79 Å². The Morgan fingerprint density at radius 2 is 1.74 bits per heavy atom. The van der Waals surface area contributed by atoms with Crippen molar-refractivity contribution in [2.24, 2.45) is 11.8 Å². The van der Waals surface area contributed by atoms with Gasteiger partial charge in [-0.3, -0.25) is 4.79 Å². The molecule has 2 amide bonds. The van der Waals surface area contributed by atoms with E-state index in [1.807, 2.05) is 52.0 Å². The lowest BCUT2D eigenvalue weighted by atomic mass is 9.81. The van der Waals surface area contributed by atoms with Gasteiger partial charge in [-0.05, 0) is 64.9 Å². The molecule has 1 fully saturated rings. The number of ether oxygens (including phenoxy) is 1. The molecule has 0 unspecified atom stereocenters. The first-order chi connectivity index (χ1) is 12.6. The quantitative estimate of drug-likeness (QED) is 0.729. The number of nitrogens with zero attached hydrogens (tertiary/aromatic N) is 1. The number of alkyl carbamates (subject to hydrolysis) is 1. The third kappa shape index (κ3) is 7.41. The number of amides is 2. The summed E-state index contributed by atoms with van der Waals surface area (Å²) in [7, 11) is 0. The van der Waals surface area contributed by atoms with Crippen LogP contribution in [0.25, 0.3) is 0 Å². The summed E-state index contributed by atoms with van der Waals surface area (Å²) in [4.78, 5) is 24.3. The van der Waals surface area contributed by atoms with Crippen LogP contribution in [0.2, 0.25) is 0 Å². The van der Waals surface area contributed by atoms with E-state index in [2.05, 4.69) is 5.32 Å². The molecule has 27 heavy (non-hydrogen) atoms. The normalized spacial score (nSPS) is 20.0. The van der Waals surface area contributed by atoms with E-state index in [9.17, 15) is 9.59 Å². The van der Waals surface area contributed by atoms with Crippen LogP contribution in [0.15, 0.2) is 24.3 Å². The van der Waals surface area contributed by atoms with Gasteiger partial charge in [-0.25, -0.2) is 9.21 Å². The Labute approximate surface area is 167 Å². The lowest BCUT2D eigenvalue weighted by molar-refractivity contribution is -0.132. The first-order valence-electron chi connectivity index (χ1n) is 9.63. The SMILES string of the molecule is Cc1ccc(CN(Cl)C(=O)C2CCC(CNC(=O)OC(C)(C)C)CC2)cc1. The maximum atomic E-state index is 12.6. The molecule has 0 aliphatic heterocycles. The number of carbonyl (C=O) groups excluding carboxylic acids is 2. The lowest BCUT2D eigenvalue weighted by Crippen LogP contribution is -2.37. The van der Waals surface area contributed by atoms with Crippen molar-refractivity contribution in [1.29, 1.82) is 0 Å². The van der Waals surface area contributed by atoms with Gasteiger partial charge in [-0.1, -0.05) is 29.8 Å². The zero-order chi connectivity index (χ0) is 20.0. The largest absolute Gasteiger partial charge is 0.444 e. The molecule has 0 bridgehead atoms. The Bertz CT molecular complexity index is 632. The smallest absolute Gasteiger partial charge is 0.407 e. The highest BCUT2D eigenvalue weighted by atomic mass is 35.5. The van der Waals surface area contributed by atoms with E-state index in [1.165, 1.54) is 9.98 Å². The van der Waals surface area contributed by atoms with Crippen molar-refractivity contribution >= 4 is 23.8 Å². The molecule has 150 valence electrons. The molecule has 0 saturated heterocycles. The summed E-state index contributed by atoms with van der Waals surface area (Å²) in [6.45, 7) is 8.57. The number of hydrogen-bond acceptors (Lipinski definition) is 3. The third-order valence-corrected chi connectivity index (χ3v) is 5.10. The monoisotopic (exact) mass is 394 g/mol. The fourth-order valence-corrected chi connectivity index (χ4v) is 3.56. The summed E-state index contributed by atoms with van der Waals surface area (Å²) in [5.74, 6) is 0.337. The molecule has 1 aliphatic rings. The van der Waals surface area contributed by atoms with E-state index in [1.54, 1.807) is 0 Å². The predicted octanol–water partition coefficient (Wildman–Crippen LogP) is 4.81. The first-order valence-corrected chi connectivity index (χ1v) is 9.97. The van der Waals surface area contributed by atoms with Crippen molar-refractivity contribution in [2.45, 2.75) is 65.5 Å². The first kappa shape index (κ1) is 21.5. The van der Waals surface area contributed by atoms with Gasteiger partial charge >= 0.3 is 6.09 Å². The Hall–Kier alpha value is -1.75. The highest BCUT2D eigenvalue weighted by molar-refractivity contribution is 6.21. The van der Waals surface area contributed by atoms with E-state index < -0.39 is 5.60 Å². The summed E-state index contributed by atoms with van der Waals surface area (Å²) < 4.78 is 6.57. The van der Waals surface area contributed by atoms with Gasteiger partial charge in [0, 0.05) is 24.2 Å². The molecule has 1 aliphatic carbocycles. The molecule has 0 spiro atoms. The second-order valence-electron chi connectivity index (χ2n) is 8.44. The molecule has 2 rings (SSSR count). The van der Waals surface area contributed by atoms with Gasteiger partial charge in [0.1, 0.15) is 5.60 Å². The number of carbonyl (C=O) groups is 2. The van der Waals surface area contributed by atoms with Crippen LogP contribution in [0.5, 0.6) is 0 Å². The number of rotatable bonds is 5. The topological polar surface area (TPSA) is 58.6 Å². The van der Waals surface area contributed by atoms with Crippen LogP contribution < -0.4 is 5.32 Å². The number of benzene rings is 1. The fraction of sp³-hybridized carbons (Fsp3) is 0.619. The van der Waals surface area contributed by atoms with Gasteiger partial charge in [0.2, 0.25) is 5.91 Å². The van der Waals surface area contributed by atoms with Gasteiger partial charge in [0.15, 0.2) is 0 Å². The predicted molar refractivity (Wildman–Crippen MR) is 107 cm³/mol. The van der Waals surface area contributed by atoms with Gasteiger partial charge in [-0.15, -0.1) is 0 Å². The van der Waals surface area contributed by atoms with Crippen LogP contribution in [0, 0.1) is 18.8 Å². The van der Waals surface area contributed by atoms with Crippen molar-refractivity contribution < 1.29 is 14.3 Å². The molecule has 1 aromatic rings. The van der Waals surface area contributed by atoms with Crippen molar-refractivity contribution in [2.75, 3.05) is 6.54 Å². The van der Waals surface area contributed by atoms with Gasteiger partial charge < -0.3 is 10.1 Å². The van der Waals surface area contributed by atoms with Crippen LogP contribution in [0.1, 0.15) is 57.6 Å². The number of hydrogen-bond donors (Lipinski definition) is 1. The lowest BCUT2D eigenvalue weighted by Gasteiger charge is -2.30. The fourth-order valence-electron chi connectivity index (χ4n) is 3.29. The van der Waals surface area contributed by atoms with Crippen molar-refractivity contribution in [3.05, 3.63) is 35.4 Å². The molecule has 1 N–H and O–H groups in total. The highest BCUT2D eigenvalue weighted by Crippen LogP contribution is 2.30. The summed E-state index contributed by atoms with van der Waals surface area (Å²) in [5, 5.41) is 2.83. The molecule has 0 atom stereocenters. The molecule has 1 aromatic carbocycles. The van der Waals surface area contributed by atoms with E-state index in [0.717, 1.165) is 31.2 Å². The van der Waals surface area contributed by atoms with Crippen molar-refractivity contribution in [1.82, 2.24) is 9.74 Å². The summed E-state index contributed by atoms with van der Waals surface area (Å²) >= 11 is 6.25. The number of aryl methyl sites for hydroxylation is 1. The molecule has 0 heterocycles. The Morgan fingerprint density at radius 1 is 1.15 bits per heavy atom. The Balaban J connectivity index is 1.73. The van der Waals surface area contributed by atoms with E-state index in [0.29, 0.717) is 19.0 Å². The Kier molecular flexibility index (Phi) is 7.54. The zero-order valence-electron chi connectivity index (χ0n) is 16.8. The van der Waals surface area contributed by atoms with Crippen LogP contribution >= 0.6 is 11.8 Å². The summed E-state index contributed by atoms with van der Waals surface area (Å²) in [5.41, 5.74) is 1.72. The van der Waals surface area contributed by atoms with Crippen molar-refractivity contribution in [3.8, 4) is 0 Å². The van der Waals surface area contributed by atoms with E-state index >= 15 is 0 Å². The summed E-state index contributed by atoms with van der Waals surface area (Å²) in [6.07, 6.45) is 3.03. The molecule has 5 nitrogen and oxygen atoms in total. The van der Waals surface area contributed by atoms with E-state index in [4.69, 9.17) is 16.5 Å². The third-order valence-electron chi connectivity index (χ3n) is 4.81. The standard InChI is InChI=1S/C21H31ClN2O3/c1-15-5-7-17(8-6-15)14-24(22)19(25)18-11-9-16(10-12-18)13-23-20(26)27-21(2,3)4/h5-8,16,18H,9-14H2,1-4H3,(H,23,26). The summed E-state index contributed by atoms with van der Waals surface area (Å²) in [6, 6.07) is 8.04. The molecule has 1 saturated carbocycles. The maximum absolute atomic E-state index is 12.6. The molecular formula is C21H31ClN2O3. The highest BCUT2D eigenvalue weighted by Gasteiger charge is 2.29. The minimum Gasteiger partial charge on any atom is -0.444 e. The molecular weight excluding hydrogens is 364 g/mol. The average molecular weight is 395 g/mol. The zero-order valence-corrected chi connectivity index (χ0v) is 17.5. The minimum atomic E-state index is -0.491. The van der Waals surface area contributed by atoms with Crippen LogP contribution in [0.3, 0.4) is 0 Å². The van der Waals surface area contributed by atoms with Gasteiger partial charge in [0.25, 0.3) is 0 Å². The van der Waals surface area contributed by atoms with Crippen LogP contribution in [-0.2, 0) is 16.1 Å². The number of nitrogens with one attached hydrogen (secondary N) is 1. The van der Waals surface area contributed by atoms with Crippen molar-refractivity contribution in [3.63, 3.8) is 0 Å². The second-order valence-corrected chi connectivity index (χ2v) is 8.85. The molecule has 0 aromatic heterocycles. The minimum absolute atomic E-state index is 0.00390. The van der Waals surface area contributed by atoms with Gasteiger partial charge in [0.05, 0.1) is 6.54 Å². The molecule has 6 heteroatoms. The molecule has 0 radical (unpaired) electrons. The van der Waals surface area contributed by atoms with E-state index in [-0.39, 0.29) is 17.9 Å².